The number of benzene rings is 4. The third kappa shape index (κ3) is 3.18. The number of hydrogen-bond donors (Lipinski definition) is 0. The molecule has 8 nitrogen and oxygen atoms in total. The van der Waals surface area contributed by atoms with Gasteiger partial charge in [0.25, 0.3) is 11.6 Å². The van der Waals surface area contributed by atoms with Crippen molar-refractivity contribution in [2.75, 3.05) is 9.96 Å². The van der Waals surface area contributed by atoms with Gasteiger partial charge in [-0.15, -0.1) is 0 Å². The van der Waals surface area contributed by atoms with Crippen LogP contribution >= 0.6 is 0 Å². The minimum Gasteiger partial charge on any atom is -0.273 e. The van der Waals surface area contributed by atoms with E-state index in [1.54, 1.807) is 54.6 Å². The van der Waals surface area contributed by atoms with Crippen molar-refractivity contribution < 1.29 is 19.3 Å². The van der Waals surface area contributed by atoms with Crippen LogP contribution in [0.1, 0.15) is 11.6 Å². The lowest BCUT2D eigenvalue weighted by atomic mass is 9.89. The van der Waals surface area contributed by atoms with E-state index in [0.717, 1.165) is 10.8 Å². The van der Waals surface area contributed by atoms with Crippen molar-refractivity contribution in [1.82, 2.24) is 0 Å². The van der Waals surface area contributed by atoms with Gasteiger partial charge < -0.3 is 0 Å². The monoisotopic (exact) mass is 465 g/mol. The van der Waals surface area contributed by atoms with Crippen molar-refractivity contribution in [3.05, 3.63) is 113 Å². The summed E-state index contributed by atoms with van der Waals surface area (Å²) in [6, 6.07) is 27.3. The maximum Gasteiger partial charge on any atom is 0.274 e. The van der Waals surface area contributed by atoms with Crippen LogP contribution in [0.25, 0.3) is 10.8 Å². The van der Waals surface area contributed by atoms with Crippen LogP contribution in [-0.4, -0.2) is 22.8 Å². The quantitative estimate of drug-likeness (QED) is 0.244. The van der Waals surface area contributed by atoms with Crippen molar-refractivity contribution in [3.8, 4) is 0 Å². The van der Waals surface area contributed by atoms with Crippen molar-refractivity contribution in [2.24, 2.45) is 5.92 Å². The van der Waals surface area contributed by atoms with Gasteiger partial charge in [-0.1, -0.05) is 66.7 Å². The van der Waals surface area contributed by atoms with E-state index in [0.29, 0.717) is 16.9 Å². The molecular weight excluding hydrogens is 446 g/mol. The number of amides is 2. The molecule has 6 rings (SSSR count). The highest BCUT2D eigenvalue weighted by Gasteiger charge is 2.61. The zero-order valence-corrected chi connectivity index (χ0v) is 18.4. The number of rotatable bonds is 4. The van der Waals surface area contributed by atoms with E-state index in [1.165, 1.54) is 16.0 Å². The Morgan fingerprint density at radius 2 is 1.46 bits per heavy atom. The molecular formula is C27H19N3O5. The van der Waals surface area contributed by atoms with Gasteiger partial charge in [-0.05, 0) is 29.7 Å². The minimum absolute atomic E-state index is 0.133. The Bertz CT molecular complexity index is 1480. The molecule has 2 aliphatic heterocycles. The van der Waals surface area contributed by atoms with E-state index in [2.05, 4.69) is 0 Å². The average Bonchev–Trinajstić information content (AvgIpc) is 3.40. The second-order valence-electron chi connectivity index (χ2n) is 8.48. The number of carbonyl (C=O) groups is 2. The first kappa shape index (κ1) is 21.0. The number of hydroxylamine groups is 1. The first-order valence-corrected chi connectivity index (χ1v) is 11.2. The molecule has 2 heterocycles. The Balaban J connectivity index is 1.50. The Kier molecular flexibility index (Phi) is 4.82. The molecule has 4 aromatic rings. The lowest BCUT2D eigenvalue weighted by Crippen LogP contribution is -2.37. The largest absolute Gasteiger partial charge is 0.274 e. The molecule has 35 heavy (non-hydrogen) atoms. The van der Waals surface area contributed by atoms with Crippen molar-refractivity contribution in [1.29, 1.82) is 0 Å². The summed E-state index contributed by atoms with van der Waals surface area (Å²) >= 11 is 0. The summed E-state index contributed by atoms with van der Waals surface area (Å²) < 4.78 is 0. The fourth-order valence-electron chi connectivity index (χ4n) is 5.07. The van der Waals surface area contributed by atoms with Gasteiger partial charge in [0.1, 0.15) is 12.0 Å². The summed E-state index contributed by atoms with van der Waals surface area (Å²) in [5.41, 5.74) is 1.26. The van der Waals surface area contributed by atoms with Gasteiger partial charge in [-0.25, -0.2) is 9.96 Å². The summed E-state index contributed by atoms with van der Waals surface area (Å²) in [6.07, 6.45) is -1.11. The van der Waals surface area contributed by atoms with Gasteiger partial charge in [0.05, 0.1) is 21.9 Å². The third-order valence-electron chi connectivity index (χ3n) is 6.59. The van der Waals surface area contributed by atoms with E-state index < -0.39 is 34.8 Å². The lowest BCUT2D eigenvalue weighted by molar-refractivity contribution is -0.385. The number of anilines is 2. The molecule has 2 saturated heterocycles. The first-order valence-electron chi connectivity index (χ1n) is 11.2. The fraction of sp³-hybridized carbons (Fsp3) is 0.111. The summed E-state index contributed by atoms with van der Waals surface area (Å²) in [7, 11) is 0. The molecule has 0 unspecified atom stereocenters. The van der Waals surface area contributed by atoms with E-state index >= 15 is 0 Å². The molecule has 4 aromatic carbocycles. The molecule has 0 saturated carbocycles. The summed E-state index contributed by atoms with van der Waals surface area (Å²) in [4.78, 5) is 46.2. The molecule has 0 spiro atoms. The molecule has 0 radical (unpaired) electrons. The molecule has 0 aromatic heterocycles. The lowest BCUT2D eigenvalue weighted by Gasteiger charge is -2.28. The second-order valence-corrected chi connectivity index (χ2v) is 8.48. The van der Waals surface area contributed by atoms with Gasteiger partial charge in [0.15, 0.2) is 6.10 Å². The highest BCUT2D eigenvalue weighted by atomic mass is 16.7. The van der Waals surface area contributed by atoms with Gasteiger partial charge in [-0.2, -0.15) is 0 Å². The third-order valence-corrected chi connectivity index (χ3v) is 6.59. The van der Waals surface area contributed by atoms with Gasteiger partial charge >= 0.3 is 0 Å². The smallest absolute Gasteiger partial charge is 0.273 e. The van der Waals surface area contributed by atoms with Gasteiger partial charge in [-0.3, -0.25) is 24.5 Å². The van der Waals surface area contributed by atoms with Crippen LogP contribution in [0, 0.1) is 16.0 Å². The molecule has 8 heteroatoms. The predicted molar refractivity (Wildman–Crippen MR) is 130 cm³/mol. The van der Waals surface area contributed by atoms with E-state index in [4.69, 9.17) is 4.84 Å². The number of para-hydroxylation sites is 2. The molecule has 2 fully saturated rings. The molecule has 0 bridgehead atoms. The molecule has 0 N–H and O–H groups in total. The number of nitro groups is 1. The topological polar surface area (TPSA) is 93.0 Å². The van der Waals surface area contributed by atoms with Crippen LogP contribution in [0.15, 0.2) is 97.1 Å². The molecule has 0 aliphatic carbocycles. The zero-order chi connectivity index (χ0) is 24.1. The summed E-state index contributed by atoms with van der Waals surface area (Å²) in [5.74, 6) is -1.89. The number of hydrogen-bond acceptors (Lipinski definition) is 6. The van der Waals surface area contributed by atoms with E-state index in [1.807, 2.05) is 36.4 Å². The standard InChI is InChI=1S/C27H19N3O5/c31-26-23-24(20-14-6-7-15-22(20)30(33)34)29(18-11-2-1-3-12-18)35-25(23)27(32)28(26)21-16-8-10-17-9-4-5-13-19(17)21/h1-16,23-25H/t23-,24-,25+/m0/s1. The Morgan fingerprint density at radius 3 is 2.26 bits per heavy atom. The number of nitro benzene ring substituents is 1. The van der Waals surface area contributed by atoms with Gasteiger partial charge in [0, 0.05) is 11.5 Å². The van der Waals surface area contributed by atoms with Crippen molar-refractivity contribution in [2.45, 2.75) is 12.1 Å². The van der Waals surface area contributed by atoms with E-state index in [-0.39, 0.29) is 5.69 Å². The van der Waals surface area contributed by atoms with Crippen LogP contribution in [0.4, 0.5) is 17.1 Å². The van der Waals surface area contributed by atoms with Crippen LogP contribution in [-0.2, 0) is 14.4 Å². The predicted octanol–water partition coefficient (Wildman–Crippen LogP) is 4.80. The van der Waals surface area contributed by atoms with Crippen molar-refractivity contribution in [3.63, 3.8) is 0 Å². The summed E-state index contributed by atoms with van der Waals surface area (Å²) in [6.45, 7) is 0. The van der Waals surface area contributed by atoms with Gasteiger partial charge in [0.2, 0.25) is 5.91 Å². The molecule has 2 amide bonds. The Labute approximate surface area is 200 Å². The van der Waals surface area contributed by atoms with Crippen LogP contribution in [0.2, 0.25) is 0 Å². The molecule has 2 aliphatic rings. The Hall–Kier alpha value is -4.56. The first-order chi connectivity index (χ1) is 17.1. The molecule has 172 valence electrons. The van der Waals surface area contributed by atoms with E-state index in [9.17, 15) is 19.7 Å². The minimum atomic E-state index is -1.11. The zero-order valence-electron chi connectivity index (χ0n) is 18.4. The Morgan fingerprint density at radius 1 is 0.771 bits per heavy atom. The maximum absolute atomic E-state index is 13.9. The number of imide groups is 1. The molecule has 3 atom stereocenters. The number of nitrogens with zero attached hydrogens (tertiary/aromatic N) is 3. The highest BCUT2D eigenvalue weighted by molar-refractivity contribution is 6.26. The number of fused-ring (bicyclic) bond motifs is 2. The maximum atomic E-state index is 13.9. The fourth-order valence-corrected chi connectivity index (χ4v) is 5.07. The average molecular weight is 465 g/mol. The van der Waals surface area contributed by atoms with Crippen LogP contribution in [0.5, 0.6) is 0 Å². The van der Waals surface area contributed by atoms with Crippen LogP contribution < -0.4 is 9.96 Å². The highest BCUT2D eigenvalue weighted by Crippen LogP contribution is 2.49. The second kappa shape index (κ2) is 8.03. The van der Waals surface area contributed by atoms with Crippen molar-refractivity contribution >= 4 is 39.6 Å². The SMILES string of the molecule is O=C1[C@@H]2[C@@H](ON(c3ccccc3)[C@H]2c2ccccc2[N+](=O)[O-])C(=O)N1c1cccc2ccccc12. The summed E-state index contributed by atoms with van der Waals surface area (Å²) in [5, 5.41) is 15.0. The number of carbonyl (C=O) groups excluding carboxylic acids is 2. The normalized spacial score (nSPS) is 21.5. The van der Waals surface area contributed by atoms with Crippen LogP contribution in [0.3, 0.4) is 0 Å².